The molecule has 1 aromatic rings. The van der Waals surface area contributed by atoms with Crippen LogP contribution in [0, 0.1) is 5.92 Å². The number of hydrogen-bond donors (Lipinski definition) is 3. The van der Waals surface area contributed by atoms with Crippen molar-refractivity contribution in [2.45, 2.75) is 51.1 Å². The number of benzene rings is 1. The van der Waals surface area contributed by atoms with E-state index in [1.165, 1.54) is 25.7 Å². The number of methoxy groups -OCH3 is 1. The zero-order chi connectivity index (χ0) is 16.7. The minimum atomic E-state index is -0.387. The molecule has 5 nitrogen and oxygen atoms in total. The molecule has 128 valence electrons. The maximum Gasteiger partial charge on any atom is 0.237 e. The third-order valence-corrected chi connectivity index (χ3v) is 4.49. The SMILES string of the molecule is COc1ccc(NC[C@H](C)NC(=O)[C@@H](N)CC2CCCC2)cc1. The van der Waals surface area contributed by atoms with Crippen LogP contribution >= 0.6 is 0 Å². The highest BCUT2D eigenvalue weighted by atomic mass is 16.5. The van der Waals surface area contributed by atoms with Crippen LogP contribution in [-0.4, -0.2) is 31.6 Å². The maximum atomic E-state index is 12.2. The van der Waals surface area contributed by atoms with Crippen molar-refractivity contribution < 1.29 is 9.53 Å². The van der Waals surface area contributed by atoms with Crippen molar-refractivity contribution in [1.82, 2.24) is 5.32 Å². The monoisotopic (exact) mass is 319 g/mol. The van der Waals surface area contributed by atoms with Gasteiger partial charge in [0.05, 0.1) is 13.2 Å². The van der Waals surface area contributed by atoms with Crippen LogP contribution in [-0.2, 0) is 4.79 Å². The molecule has 2 rings (SSSR count). The average Bonchev–Trinajstić information content (AvgIpc) is 3.06. The molecule has 1 amide bonds. The lowest BCUT2D eigenvalue weighted by molar-refractivity contribution is -0.123. The number of amides is 1. The van der Waals surface area contributed by atoms with Gasteiger partial charge in [-0.2, -0.15) is 0 Å². The summed E-state index contributed by atoms with van der Waals surface area (Å²) in [6, 6.07) is 7.37. The number of nitrogens with one attached hydrogen (secondary N) is 2. The summed E-state index contributed by atoms with van der Waals surface area (Å²) >= 11 is 0. The van der Waals surface area contributed by atoms with Crippen LogP contribution < -0.4 is 21.1 Å². The molecule has 1 aromatic carbocycles. The summed E-state index contributed by atoms with van der Waals surface area (Å²) in [5, 5.41) is 6.30. The number of rotatable bonds is 8. The third-order valence-electron chi connectivity index (χ3n) is 4.49. The summed E-state index contributed by atoms with van der Waals surface area (Å²) in [5.41, 5.74) is 7.04. The van der Waals surface area contributed by atoms with Crippen molar-refractivity contribution in [3.05, 3.63) is 24.3 Å². The van der Waals surface area contributed by atoms with Crippen LogP contribution in [0.5, 0.6) is 5.75 Å². The van der Waals surface area contributed by atoms with Crippen molar-refractivity contribution in [2.75, 3.05) is 19.0 Å². The molecule has 1 fully saturated rings. The van der Waals surface area contributed by atoms with E-state index in [4.69, 9.17) is 10.5 Å². The van der Waals surface area contributed by atoms with Gasteiger partial charge in [0.25, 0.3) is 0 Å². The van der Waals surface area contributed by atoms with Gasteiger partial charge in [-0.05, 0) is 43.5 Å². The predicted octanol–water partition coefficient (Wildman–Crippen LogP) is 2.52. The molecule has 0 bridgehead atoms. The largest absolute Gasteiger partial charge is 0.497 e. The summed E-state index contributed by atoms with van der Waals surface area (Å²) in [5.74, 6) is 1.42. The van der Waals surface area contributed by atoms with Gasteiger partial charge < -0.3 is 21.1 Å². The topological polar surface area (TPSA) is 76.4 Å². The second-order valence-electron chi connectivity index (χ2n) is 6.51. The van der Waals surface area contributed by atoms with Crippen LogP contribution in [0.15, 0.2) is 24.3 Å². The van der Waals surface area contributed by atoms with E-state index >= 15 is 0 Å². The Morgan fingerprint density at radius 1 is 1.30 bits per heavy atom. The summed E-state index contributed by atoms with van der Waals surface area (Å²) < 4.78 is 5.13. The normalized spacial score (nSPS) is 17.5. The van der Waals surface area contributed by atoms with Crippen molar-refractivity contribution in [1.29, 1.82) is 0 Å². The van der Waals surface area contributed by atoms with Gasteiger partial charge in [-0.25, -0.2) is 0 Å². The fraction of sp³-hybridized carbons (Fsp3) is 0.611. The summed E-state index contributed by atoms with van der Waals surface area (Å²) in [6.45, 7) is 2.64. The van der Waals surface area contributed by atoms with E-state index in [0.717, 1.165) is 17.9 Å². The first-order chi connectivity index (χ1) is 11.1. The molecule has 5 heteroatoms. The molecule has 0 aromatic heterocycles. The van der Waals surface area contributed by atoms with E-state index in [-0.39, 0.29) is 18.0 Å². The van der Waals surface area contributed by atoms with E-state index in [1.54, 1.807) is 7.11 Å². The molecule has 1 aliphatic carbocycles. The van der Waals surface area contributed by atoms with Gasteiger partial charge >= 0.3 is 0 Å². The molecule has 0 spiro atoms. The fourth-order valence-electron chi connectivity index (χ4n) is 3.09. The molecule has 23 heavy (non-hydrogen) atoms. The average molecular weight is 319 g/mol. The van der Waals surface area contributed by atoms with Crippen LogP contribution in [0.1, 0.15) is 39.0 Å². The van der Waals surface area contributed by atoms with Crippen LogP contribution in [0.3, 0.4) is 0 Å². The Labute approximate surface area is 139 Å². The first kappa shape index (κ1) is 17.6. The Balaban J connectivity index is 1.70. The van der Waals surface area contributed by atoms with Gasteiger partial charge in [0.2, 0.25) is 5.91 Å². The summed E-state index contributed by atoms with van der Waals surface area (Å²) in [4.78, 5) is 12.2. The van der Waals surface area contributed by atoms with Crippen LogP contribution in [0.4, 0.5) is 5.69 Å². The van der Waals surface area contributed by atoms with E-state index in [1.807, 2.05) is 31.2 Å². The Morgan fingerprint density at radius 3 is 2.57 bits per heavy atom. The van der Waals surface area contributed by atoms with E-state index in [0.29, 0.717) is 12.5 Å². The lowest BCUT2D eigenvalue weighted by Crippen LogP contribution is -2.47. The zero-order valence-corrected chi connectivity index (χ0v) is 14.2. The minimum absolute atomic E-state index is 0.0271. The van der Waals surface area contributed by atoms with Crippen molar-refractivity contribution >= 4 is 11.6 Å². The number of carbonyl (C=O) groups excluding carboxylic acids is 1. The molecule has 0 saturated heterocycles. The molecule has 0 unspecified atom stereocenters. The highest BCUT2D eigenvalue weighted by Crippen LogP contribution is 2.28. The van der Waals surface area contributed by atoms with Crippen LogP contribution in [0.25, 0.3) is 0 Å². The van der Waals surface area contributed by atoms with Crippen molar-refractivity contribution in [3.63, 3.8) is 0 Å². The third kappa shape index (κ3) is 5.75. The molecule has 4 N–H and O–H groups in total. The van der Waals surface area contributed by atoms with Gasteiger partial charge in [0.1, 0.15) is 5.75 Å². The quantitative estimate of drug-likeness (QED) is 0.688. The number of ether oxygens (including phenoxy) is 1. The van der Waals surface area contributed by atoms with Crippen molar-refractivity contribution in [3.8, 4) is 5.75 Å². The first-order valence-electron chi connectivity index (χ1n) is 8.52. The van der Waals surface area contributed by atoms with Gasteiger partial charge in [0, 0.05) is 18.3 Å². The molecule has 1 aliphatic rings. The minimum Gasteiger partial charge on any atom is -0.497 e. The summed E-state index contributed by atoms with van der Waals surface area (Å²) in [7, 11) is 1.65. The molecule has 0 radical (unpaired) electrons. The van der Waals surface area contributed by atoms with E-state index < -0.39 is 0 Å². The smallest absolute Gasteiger partial charge is 0.237 e. The standard InChI is InChI=1S/C18H29N3O2/c1-13(12-20-15-7-9-16(23-2)10-8-15)21-18(22)17(19)11-14-5-3-4-6-14/h7-10,13-14,17,20H,3-6,11-12,19H2,1-2H3,(H,21,22)/t13-,17-/m0/s1. The predicted molar refractivity (Wildman–Crippen MR) is 93.6 cm³/mol. The molecular weight excluding hydrogens is 290 g/mol. The second kappa shape index (κ2) is 8.77. The Hall–Kier alpha value is -1.75. The van der Waals surface area contributed by atoms with Crippen LogP contribution in [0.2, 0.25) is 0 Å². The molecule has 0 heterocycles. The maximum absolute atomic E-state index is 12.2. The van der Waals surface area contributed by atoms with E-state index in [2.05, 4.69) is 10.6 Å². The number of hydrogen-bond acceptors (Lipinski definition) is 4. The van der Waals surface area contributed by atoms with Gasteiger partial charge in [-0.3, -0.25) is 4.79 Å². The first-order valence-corrected chi connectivity index (χ1v) is 8.52. The van der Waals surface area contributed by atoms with Gasteiger partial charge in [-0.15, -0.1) is 0 Å². The molecule has 0 aliphatic heterocycles. The summed E-state index contributed by atoms with van der Waals surface area (Å²) in [6.07, 6.45) is 5.80. The molecule has 2 atom stereocenters. The second-order valence-corrected chi connectivity index (χ2v) is 6.51. The highest BCUT2D eigenvalue weighted by Gasteiger charge is 2.22. The lowest BCUT2D eigenvalue weighted by Gasteiger charge is -2.20. The highest BCUT2D eigenvalue weighted by molar-refractivity contribution is 5.81. The molecular formula is C18H29N3O2. The number of nitrogens with two attached hydrogens (primary N) is 1. The lowest BCUT2D eigenvalue weighted by atomic mass is 9.98. The molecule has 1 saturated carbocycles. The fourth-order valence-corrected chi connectivity index (χ4v) is 3.09. The van der Waals surface area contributed by atoms with Crippen molar-refractivity contribution in [2.24, 2.45) is 11.7 Å². The van der Waals surface area contributed by atoms with Gasteiger partial charge in [0.15, 0.2) is 0 Å². The zero-order valence-electron chi connectivity index (χ0n) is 14.2. The Kier molecular flexibility index (Phi) is 6.71. The van der Waals surface area contributed by atoms with Gasteiger partial charge in [-0.1, -0.05) is 25.7 Å². The number of carbonyl (C=O) groups is 1. The van der Waals surface area contributed by atoms with E-state index in [9.17, 15) is 4.79 Å². The Morgan fingerprint density at radius 2 is 1.96 bits per heavy atom. The number of anilines is 1. The Bertz CT molecular complexity index is 484.